The molecule has 5 heteroatoms. The Bertz CT molecular complexity index is 358. The van der Waals surface area contributed by atoms with Crippen LogP contribution in [0.25, 0.3) is 0 Å². The van der Waals surface area contributed by atoms with Gasteiger partial charge in [0.15, 0.2) is 0 Å². The predicted molar refractivity (Wildman–Crippen MR) is 68.3 cm³/mol. The topological polar surface area (TPSA) is 61.3 Å². The average molecular weight is 236 g/mol. The summed E-state index contributed by atoms with van der Waals surface area (Å²) in [6.45, 7) is 4.63. The number of rotatable bonds is 4. The highest BCUT2D eigenvalue weighted by Gasteiger charge is 2.19. The van der Waals surface area contributed by atoms with Crippen molar-refractivity contribution in [2.75, 3.05) is 29.9 Å². The molecule has 1 fully saturated rings. The van der Waals surface area contributed by atoms with E-state index < -0.39 is 0 Å². The standard InChI is InChI=1S/C12H20N4O/c1-2-5-14-11-7-13-8-12(15-11)16-6-3-4-10(17)9-16/h7-8,10,17H,2-6,9H2,1H3,(H,14,15). The monoisotopic (exact) mass is 236 g/mol. The maximum absolute atomic E-state index is 9.65. The minimum atomic E-state index is -0.238. The summed E-state index contributed by atoms with van der Waals surface area (Å²) in [6, 6.07) is 0. The summed E-state index contributed by atoms with van der Waals surface area (Å²) in [7, 11) is 0. The maximum atomic E-state index is 9.65. The van der Waals surface area contributed by atoms with Crippen molar-refractivity contribution in [2.24, 2.45) is 0 Å². The van der Waals surface area contributed by atoms with Crippen LogP contribution in [0.3, 0.4) is 0 Å². The molecule has 17 heavy (non-hydrogen) atoms. The Labute approximate surface area is 102 Å². The second-order valence-electron chi connectivity index (χ2n) is 4.43. The molecule has 1 saturated heterocycles. The van der Waals surface area contributed by atoms with Gasteiger partial charge in [-0.25, -0.2) is 4.98 Å². The third kappa shape index (κ3) is 3.30. The van der Waals surface area contributed by atoms with E-state index in [2.05, 4.69) is 27.1 Å². The van der Waals surface area contributed by atoms with Crippen LogP contribution in [0.15, 0.2) is 12.4 Å². The van der Waals surface area contributed by atoms with E-state index in [1.54, 1.807) is 12.4 Å². The molecule has 1 aliphatic heterocycles. The molecule has 5 nitrogen and oxygen atoms in total. The zero-order valence-electron chi connectivity index (χ0n) is 10.3. The van der Waals surface area contributed by atoms with E-state index in [1.165, 1.54) is 0 Å². The first-order valence-electron chi connectivity index (χ1n) is 6.28. The lowest BCUT2D eigenvalue weighted by molar-refractivity contribution is 0.154. The van der Waals surface area contributed by atoms with Gasteiger partial charge in [-0.05, 0) is 19.3 Å². The Morgan fingerprint density at radius 2 is 2.41 bits per heavy atom. The lowest BCUT2D eigenvalue weighted by Gasteiger charge is -2.30. The van der Waals surface area contributed by atoms with Gasteiger partial charge >= 0.3 is 0 Å². The van der Waals surface area contributed by atoms with Crippen LogP contribution in [0.1, 0.15) is 26.2 Å². The number of anilines is 2. The Hall–Kier alpha value is -1.36. The number of piperidine rings is 1. The molecule has 1 atom stereocenters. The van der Waals surface area contributed by atoms with Crippen molar-refractivity contribution in [3.05, 3.63) is 12.4 Å². The Kier molecular flexibility index (Phi) is 4.14. The van der Waals surface area contributed by atoms with Crippen LogP contribution in [0.4, 0.5) is 11.6 Å². The van der Waals surface area contributed by atoms with Crippen molar-refractivity contribution in [1.82, 2.24) is 9.97 Å². The van der Waals surface area contributed by atoms with Gasteiger partial charge in [0.05, 0.1) is 18.5 Å². The first-order chi connectivity index (χ1) is 8.29. The van der Waals surface area contributed by atoms with Crippen molar-refractivity contribution in [3.8, 4) is 0 Å². The molecule has 1 unspecified atom stereocenters. The van der Waals surface area contributed by atoms with E-state index >= 15 is 0 Å². The Morgan fingerprint density at radius 1 is 1.53 bits per heavy atom. The number of aliphatic hydroxyl groups is 1. The van der Waals surface area contributed by atoms with Crippen LogP contribution in [0.2, 0.25) is 0 Å². The first kappa shape index (κ1) is 12.1. The molecule has 1 aliphatic rings. The number of aromatic nitrogens is 2. The highest BCUT2D eigenvalue weighted by molar-refractivity contribution is 5.44. The molecule has 0 amide bonds. The van der Waals surface area contributed by atoms with E-state index in [-0.39, 0.29) is 6.10 Å². The Balaban J connectivity index is 2.04. The number of nitrogens with one attached hydrogen (secondary N) is 1. The fourth-order valence-electron chi connectivity index (χ4n) is 2.01. The number of hydrogen-bond acceptors (Lipinski definition) is 5. The largest absolute Gasteiger partial charge is 0.391 e. The van der Waals surface area contributed by atoms with Crippen molar-refractivity contribution in [1.29, 1.82) is 0 Å². The van der Waals surface area contributed by atoms with E-state index in [9.17, 15) is 5.11 Å². The van der Waals surface area contributed by atoms with Crippen molar-refractivity contribution in [3.63, 3.8) is 0 Å². The third-order valence-corrected chi connectivity index (χ3v) is 2.90. The highest BCUT2D eigenvalue weighted by Crippen LogP contribution is 2.18. The van der Waals surface area contributed by atoms with E-state index in [4.69, 9.17) is 0 Å². The number of aliphatic hydroxyl groups excluding tert-OH is 1. The molecule has 1 aromatic heterocycles. The molecule has 0 radical (unpaired) electrons. The molecular formula is C12H20N4O. The molecule has 0 spiro atoms. The molecule has 2 N–H and O–H groups in total. The van der Waals surface area contributed by atoms with Crippen LogP contribution in [0, 0.1) is 0 Å². The lowest BCUT2D eigenvalue weighted by atomic mass is 10.1. The van der Waals surface area contributed by atoms with Crippen LogP contribution in [-0.2, 0) is 0 Å². The summed E-state index contributed by atoms with van der Waals surface area (Å²) in [5.41, 5.74) is 0. The van der Waals surface area contributed by atoms with Gasteiger partial charge in [-0.3, -0.25) is 4.98 Å². The van der Waals surface area contributed by atoms with Gasteiger partial charge in [0.2, 0.25) is 0 Å². The van der Waals surface area contributed by atoms with E-state index in [0.717, 1.165) is 44.0 Å². The average Bonchev–Trinajstić information content (AvgIpc) is 2.37. The number of β-amino-alcohol motifs (C(OH)–C–C–N with tert-alkyl or cyclic N) is 1. The maximum Gasteiger partial charge on any atom is 0.149 e. The van der Waals surface area contributed by atoms with E-state index in [1.807, 2.05) is 0 Å². The van der Waals surface area contributed by atoms with Crippen LogP contribution < -0.4 is 10.2 Å². The van der Waals surface area contributed by atoms with Gasteiger partial charge in [0.1, 0.15) is 11.6 Å². The third-order valence-electron chi connectivity index (χ3n) is 2.90. The highest BCUT2D eigenvalue weighted by atomic mass is 16.3. The lowest BCUT2D eigenvalue weighted by Crippen LogP contribution is -2.38. The fraction of sp³-hybridized carbons (Fsp3) is 0.667. The van der Waals surface area contributed by atoms with E-state index in [0.29, 0.717) is 6.54 Å². The fourth-order valence-corrected chi connectivity index (χ4v) is 2.01. The SMILES string of the molecule is CCCNc1cncc(N2CCCC(O)C2)n1. The smallest absolute Gasteiger partial charge is 0.149 e. The quantitative estimate of drug-likeness (QED) is 0.824. The molecule has 2 heterocycles. The normalized spacial score (nSPS) is 20.4. The van der Waals surface area contributed by atoms with Gasteiger partial charge in [0.25, 0.3) is 0 Å². The summed E-state index contributed by atoms with van der Waals surface area (Å²) in [5, 5.41) is 12.9. The summed E-state index contributed by atoms with van der Waals surface area (Å²) in [6.07, 6.45) is 6.22. The Morgan fingerprint density at radius 3 is 3.18 bits per heavy atom. The number of nitrogens with zero attached hydrogens (tertiary/aromatic N) is 3. The summed E-state index contributed by atoms with van der Waals surface area (Å²) >= 11 is 0. The van der Waals surface area contributed by atoms with Gasteiger partial charge < -0.3 is 15.3 Å². The molecule has 94 valence electrons. The minimum absolute atomic E-state index is 0.238. The van der Waals surface area contributed by atoms with Gasteiger partial charge in [-0.1, -0.05) is 6.92 Å². The van der Waals surface area contributed by atoms with Gasteiger partial charge in [0, 0.05) is 19.6 Å². The van der Waals surface area contributed by atoms with Crippen molar-refractivity contribution < 1.29 is 5.11 Å². The molecule has 0 bridgehead atoms. The summed E-state index contributed by atoms with van der Waals surface area (Å²) < 4.78 is 0. The van der Waals surface area contributed by atoms with Crippen molar-refractivity contribution in [2.45, 2.75) is 32.3 Å². The molecule has 0 aromatic carbocycles. The molecule has 2 rings (SSSR count). The molecule has 1 aromatic rings. The number of hydrogen-bond donors (Lipinski definition) is 2. The zero-order chi connectivity index (χ0) is 12.1. The van der Waals surface area contributed by atoms with Crippen molar-refractivity contribution >= 4 is 11.6 Å². The van der Waals surface area contributed by atoms with Crippen LogP contribution in [-0.4, -0.2) is 40.8 Å². The second-order valence-corrected chi connectivity index (χ2v) is 4.43. The second kappa shape index (κ2) is 5.82. The summed E-state index contributed by atoms with van der Waals surface area (Å²) in [4.78, 5) is 10.8. The first-order valence-corrected chi connectivity index (χ1v) is 6.28. The van der Waals surface area contributed by atoms with Gasteiger partial charge in [-0.2, -0.15) is 0 Å². The van der Waals surface area contributed by atoms with Crippen LogP contribution >= 0.6 is 0 Å². The molecule has 0 aliphatic carbocycles. The zero-order valence-corrected chi connectivity index (χ0v) is 10.3. The minimum Gasteiger partial charge on any atom is -0.391 e. The van der Waals surface area contributed by atoms with Gasteiger partial charge in [-0.15, -0.1) is 0 Å². The molecule has 0 saturated carbocycles. The molecular weight excluding hydrogens is 216 g/mol. The summed E-state index contributed by atoms with van der Waals surface area (Å²) in [5.74, 6) is 1.66. The van der Waals surface area contributed by atoms with Crippen LogP contribution in [0.5, 0.6) is 0 Å². The predicted octanol–water partition coefficient (Wildman–Crippen LogP) is 1.26.